The first kappa shape index (κ1) is 14.2. The van der Waals surface area contributed by atoms with Crippen LogP contribution in [0.4, 0.5) is 4.39 Å². The Labute approximate surface area is 118 Å². The number of rotatable bonds is 7. The minimum atomic E-state index is -0.105. The van der Waals surface area contributed by atoms with Gasteiger partial charge in [0.05, 0.1) is 0 Å². The first-order valence-electron chi connectivity index (χ1n) is 6.39. The Bertz CT molecular complexity index is 510. The van der Waals surface area contributed by atoms with Gasteiger partial charge in [-0.25, -0.2) is 4.39 Å². The second-order valence-electron chi connectivity index (χ2n) is 4.43. The molecule has 0 radical (unpaired) electrons. The predicted octanol–water partition coefficient (Wildman–Crippen LogP) is 3.19. The predicted molar refractivity (Wildman–Crippen MR) is 79.7 cm³/mol. The minimum Gasteiger partial charge on any atom is -0.353 e. The molecule has 1 N–H and O–H groups in total. The van der Waals surface area contributed by atoms with E-state index in [4.69, 9.17) is 0 Å². The third-order valence-electron chi connectivity index (χ3n) is 3.00. The molecule has 0 unspecified atom stereocenters. The maximum absolute atomic E-state index is 13.4. The smallest absolute Gasteiger partial charge is 0.127 e. The Morgan fingerprint density at radius 2 is 2.05 bits per heavy atom. The van der Waals surface area contributed by atoms with Crippen LogP contribution in [0.3, 0.4) is 0 Å². The zero-order valence-electron chi connectivity index (χ0n) is 11.1. The van der Waals surface area contributed by atoms with E-state index in [1.54, 1.807) is 17.8 Å². The number of hydrogen-bond donors (Lipinski definition) is 1. The van der Waals surface area contributed by atoms with Crippen LogP contribution in [0.5, 0.6) is 0 Å². The van der Waals surface area contributed by atoms with Crippen molar-refractivity contribution in [3.8, 4) is 0 Å². The summed E-state index contributed by atoms with van der Waals surface area (Å²) in [6.45, 7) is 1.81. The average Bonchev–Trinajstić information content (AvgIpc) is 2.81. The van der Waals surface area contributed by atoms with Crippen molar-refractivity contribution in [2.75, 3.05) is 12.3 Å². The summed E-state index contributed by atoms with van der Waals surface area (Å²) in [5.74, 6) is 1.61. The minimum absolute atomic E-state index is 0.105. The van der Waals surface area contributed by atoms with Gasteiger partial charge in [-0.3, -0.25) is 0 Å². The van der Waals surface area contributed by atoms with E-state index in [1.807, 2.05) is 31.4 Å². The van der Waals surface area contributed by atoms with Crippen molar-refractivity contribution in [1.82, 2.24) is 9.88 Å². The Balaban J connectivity index is 1.60. The summed E-state index contributed by atoms with van der Waals surface area (Å²) in [5.41, 5.74) is 2.06. The van der Waals surface area contributed by atoms with E-state index in [-0.39, 0.29) is 5.82 Å². The Morgan fingerprint density at radius 1 is 1.21 bits per heavy atom. The van der Waals surface area contributed by atoms with E-state index in [9.17, 15) is 4.39 Å². The highest BCUT2D eigenvalue weighted by molar-refractivity contribution is 7.98. The molecule has 19 heavy (non-hydrogen) atoms. The summed E-state index contributed by atoms with van der Waals surface area (Å²) in [4.78, 5) is 0. The van der Waals surface area contributed by atoms with Crippen molar-refractivity contribution in [2.24, 2.45) is 7.05 Å². The van der Waals surface area contributed by atoms with Crippen LogP contribution < -0.4 is 5.32 Å². The van der Waals surface area contributed by atoms with Gasteiger partial charge in [-0.1, -0.05) is 18.2 Å². The van der Waals surface area contributed by atoms with Crippen LogP contribution in [0, 0.1) is 5.82 Å². The Morgan fingerprint density at radius 3 is 2.79 bits per heavy atom. The molecule has 0 aliphatic carbocycles. The van der Waals surface area contributed by atoms with Crippen molar-refractivity contribution in [3.63, 3.8) is 0 Å². The van der Waals surface area contributed by atoms with Crippen molar-refractivity contribution >= 4 is 11.8 Å². The topological polar surface area (TPSA) is 17.0 Å². The van der Waals surface area contributed by atoms with Gasteiger partial charge < -0.3 is 9.88 Å². The van der Waals surface area contributed by atoms with Crippen molar-refractivity contribution in [3.05, 3.63) is 59.7 Å². The molecule has 102 valence electrons. The normalized spacial score (nSPS) is 10.8. The third kappa shape index (κ3) is 4.40. The molecule has 0 atom stereocenters. The molecular weight excluding hydrogens is 259 g/mol. The zero-order valence-corrected chi connectivity index (χ0v) is 11.9. The second-order valence-corrected chi connectivity index (χ2v) is 5.54. The maximum atomic E-state index is 13.4. The SMILES string of the molecule is Cn1cccc1CNCCSCc1ccccc1F. The van der Waals surface area contributed by atoms with E-state index in [0.29, 0.717) is 0 Å². The summed E-state index contributed by atoms with van der Waals surface area (Å²) >= 11 is 1.75. The van der Waals surface area contributed by atoms with E-state index < -0.39 is 0 Å². The fraction of sp³-hybridized carbons (Fsp3) is 0.333. The zero-order chi connectivity index (χ0) is 13.5. The molecule has 2 nitrogen and oxygen atoms in total. The van der Waals surface area contributed by atoms with E-state index in [0.717, 1.165) is 30.2 Å². The lowest BCUT2D eigenvalue weighted by molar-refractivity contribution is 0.617. The highest BCUT2D eigenvalue weighted by Gasteiger charge is 2.00. The second kappa shape index (κ2) is 7.36. The molecule has 2 aromatic rings. The first-order valence-corrected chi connectivity index (χ1v) is 7.55. The quantitative estimate of drug-likeness (QED) is 0.783. The van der Waals surface area contributed by atoms with Crippen molar-refractivity contribution in [2.45, 2.75) is 12.3 Å². The van der Waals surface area contributed by atoms with Crippen LogP contribution in [-0.4, -0.2) is 16.9 Å². The third-order valence-corrected chi connectivity index (χ3v) is 4.00. The van der Waals surface area contributed by atoms with Gasteiger partial charge in [-0.2, -0.15) is 11.8 Å². The van der Waals surface area contributed by atoms with Gasteiger partial charge in [0.2, 0.25) is 0 Å². The fourth-order valence-corrected chi connectivity index (χ4v) is 2.73. The molecule has 0 aliphatic heterocycles. The molecule has 1 aromatic carbocycles. The van der Waals surface area contributed by atoms with Gasteiger partial charge in [0.25, 0.3) is 0 Å². The number of benzene rings is 1. The van der Waals surface area contributed by atoms with Gasteiger partial charge >= 0.3 is 0 Å². The van der Waals surface area contributed by atoms with Gasteiger partial charge in [0.15, 0.2) is 0 Å². The average molecular weight is 278 g/mol. The summed E-state index contributed by atoms with van der Waals surface area (Å²) in [6.07, 6.45) is 2.05. The lowest BCUT2D eigenvalue weighted by atomic mass is 10.2. The molecule has 0 aliphatic rings. The highest BCUT2D eigenvalue weighted by atomic mass is 32.2. The van der Waals surface area contributed by atoms with Crippen LogP contribution in [0.2, 0.25) is 0 Å². The van der Waals surface area contributed by atoms with Crippen LogP contribution in [-0.2, 0) is 19.3 Å². The molecule has 1 aromatic heterocycles. The lowest BCUT2D eigenvalue weighted by Crippen LogP contribution is -2.18. The summed E-state index contributed by atoms with van der Waals surface area (Å²) in [5, 5.41) is 3.39. The number of nitrogens with zero attached hydrogens (tertiary/aromatic N) is 1. The molecule has 0 spiro atoms. The van der Waals surface area contributed by atoms with Gasteiger partial charge in [0.1, 0.15) is 5.82 Å². The number of aromatic nitrogens is 1. The fourth-order valence-electron chi connectivity index (χ4n) is 1.84. The molecule has 0 bridgehead atoms. The van der Waals surface area contributed by atoms with Gasteiger partial charge in [-0.15, -0.1) is 0 Å². The van der Waals surface area contributed by atoms with Crippen LogP contribution in [0.1, 0.15) is 11.3 Å². The highest BCUT2D eigenvalue weighted by Crippen LogP contribution is 2.14. The number of thioether (sulfide) groups is 1. The van der Waals surface area contributed by atoms with Crippen LogP contribution in [0.15, 0.2) is 42.6 Å². The molecule has 0 amide bonds. The van der Waals surface area contributed by atoms with E-state index in [2.05, 4.69) is 16.0 Å². The van der Waals surface area contributed by atoms with Gasteiger partial charge in [-0.05, 0) is 23.8 Å². The standard InChI is InChI=1S/C15H19FN2S/c1-18-9-4-6-14(18)11-17-8-10-19-12-13-5-2-3-7-15(13)16/h2-7,9,17H,8,10-12H2,1H3. The monoisotopic (exact) mass is 278 g/mol. The molecule has 2 rings (SSSR count). The molecule has 0 saturated carbocycles. The molecule has 0 fully saturated rings. The molecule has 0 saturated heterocycles. The summed E-state index contributed by atoms with van der Waals surface area (Å²) in [7, 11) is 2.05. The molecule has 4 heteroatoms. The Hall–Kier alpha value is -1.26. The first-order chi connectivity index (χ1) is 9.27. The number of halogens is 1. The number of hydrogen-bond acceptors (Lipinski definition) is 2. The molecular formula is C15H19FN2S. The van der Waals surface area contributed by atoms with Crippen LogP contribution in [0.25, 0.3) is 0 Å². The van der Waals surface area contributed by atoms with E-state index >= 15 is 0 Å². The van der Waals surface area contributed by atoms with E-state index in [1.165, 1.54) is 11.8 Å². The Kier molecular flexibility index (Phi) is 5.48. The number of aryl methyl sites for hydroxylation is 1. The van der Waals surface area contributed by atoms with Crippen molar-refractivity contribution < 1.29 is 4.39 Å². The summed E-state index contributed by atoms with van der Waals surface area (Å²) in [6, 6.07) is 11.1. The van der Waals surface area contributed by atoms with Gasteiger partial charge in [0, 0.05) is 43.5 Å². The number of nitrogens with one attached hydrogen (secondary N) is 1. The molecule has 1 heterocycles. The summed E-state index contributed by atoms with van der Waals surface area (Å²) < 4.78 is 15.5. The maximum Gasteiger partial charge on any atom is 0.127 e. The van der Waals surface area contributed by atoms with Crippen LogP contribution >= 0.6 is 11.8 Å². The lowest BCUT2D eigenvalue weighted by Gasteiger charge is -2.06. The largest absolute Gasteiger partial charge is 0.353 e. The van der Waals surface area contributed by atoms with Crippen molar-refractivity contribution in [1.29, 1.82) is 0 Å².